The maximum Gasteiger partial charge on any atom is 0.233 e. The van der Waals surface area contributed by atoms with Crippen LogP contribution in [-0.2, 0) is 4.74 Å². The number of rotatable bonds is 5. The van der Waals surface area contributed by atoms with E-state index in [1.165, 1.54) is 5.56 Å². The standard InChI is InChI=1S/C19H21N7O/c1-14-4-6-15(7-5-14)21-17-23-18(22-16-3-2-8-20-13-16)25-19(24-17)26-9-11-27-12-10-26/h2-8,13H,9-12H2,1H3,(H2,21,22,23,24,25). The molecule has 0 bridgehead atoms. The SMILES string of the molecule is Cc1ccc(Nc2nc(Nc3cccnc3)nc(N3CCOCC3)n2)cc1. The summed E-state index contributed by atoms with van der Waals surface area (Å²) in [5, 5.41) is 6.46. The van der Waals surface area contributed by atoms with Gasteiger partial charge in [0, 0.05) is 25.0 Å². The number of morpholine rings is 1. The van der Waals surface area contributed by atoms with Crippen molar-refractivity contribution in [3.05, 3.63) is 54.4 Å². The second kappa shape index (κ2) is 7.96. The number of ether oxygens (including phenoxy) is 1. The number of hydrogen-bond acceptors (Lipinski definition) is 8. The van der Waals surface area contributed by atoms with Gasteiger partial charge < -0.3 is 20.3 Å². The molecule has 1 aliphatic heterocycles. The number of hydrogen-bond donors (Lipinski definition) is 2. The zero-order valence-electron chi connectivity index (χ0n) is 15.1. The quantitative estimate of drug-likeness (QED) is 0.715. The van der Waals surface area contributed by atoms with Crippen LogP contribution in [0.1, 0.15) is 5.56 Å². The first kappa shape index (κ1) is 17.2. The summed E-state index contributed by atoms with van der Waals surface area (Å²) in [5.74, 6) is 1.57. The van der Waals surface area contributed by atoms with Gasteiger partial charge in [-0.3, -0.25) is 4.98 Å². The van der Waals surface area contributed by atoms with Crippen LogP contribution in [0, 0.1) is 6.92 Å². The Balaban J connectivity index is 1.63. The number of benzene rings is 1. The molecule has 138 valence electrons. The molecular formula is C19H21N7O. The zero-order valence-corrected chi connectivity index (χ0v) is 15.1. The Morgan fingerprint density at radius 3 is 2.26 bits per heavy atom. The highest BCUT2D eigenvalue weighted by molar-refractivity contribution is 5.59. The van der Waals surface area contributed by atoms with E-state index >= 15 is 0 Å². The molecule has 3 aromatic rings. The minimum Gasteiger partial charge on any atom is -0.378 e. The Bertz CT molecular complexity index is 880. The van der Waals surface area contributed by atoms with Gasteiger partial charge in [-0.05, 0) is 31.2 Å². The van der Waals surface area contributed by atoms with Gasteiger partial charge in [-0.2, -0.15) is 15.0 Å². The summed E-state index contributed by atoms with van der Waals surface area (Å²) < 4.78 is 5.43. The van der Waals surface area contributed by atoms with Gasteiger partial charge in [0.05, 0.1) is 25.1 Å². The highest BCUT2D eigenvalue weighted by atomic mass is 16.5. The lowest BCUT2D eigenvalue weighted by atomic mass is 10.2. The summed E-state index contributed by atoms with van der Waals surface area (Å²) in [4.78, 5) is 19.9. The van der Waals surface area contributed by atoms with Crippen molar-refractivity contribution >= 4 is 29.2 Å². The normalized spacial score (nSPS) is 14.0. The third-order valence-corrected chi connectivity index (χ3v) is 4.14. The lowest BCUT2D eigenvalue weighted by Crippen LogP contribution is -2.37. The van der Waals surface area contributed by atoms with Crippen molar-refractivity contribution in [3.8, 4) is 0 Å². The van der Waals surface area contributed by atoms with E-state index in [4.69, 9.17) is 4.74 Å². The molecule has 27 heavy (non-hydrogen) atoms. The molecule has 4 rings (SSSR count). The largest absolute Gasteiger partial charge is 0.378 e. The van der Waals surface area contributed by atoms with Crippen LogP contribution in [0.4, 0.5) is 29.2 Å². The second-order valence-corrected chi connectivity index (χ2v) is 6.24. The lowest BCUT2D eigenvalue weighted by Gasteiger charge is -2.27. The number of nitrogens with one attached hydrogen (secondary N) is 2. The lowest BCUT2D eigenvalue weighted by molar-refractivity contribution is 0.122. The van der Waals surface area contributed by atoms with Crippen LogP contribution >= 0.6 is 0 Å². The van der Waals surface area contributed by atoms with E-state index in [1.54, 1.807) is 12.4 Å². The molecule has 0 saturated carbocycles. The van der Waals surface area contributed by atoms with Crippen molar-refractivity contribution in [2.45, 2.75) is 6.92 Å². The van der Waals surface area contributed by atoms with Crippen molar-refractivity contribution in [2.24, 2.45) is 0 Å². The molecule has 1 fully saturated rings. The molecule has 0 radical (unpaired) electrons. The van der Waals surface area contributed by atoms with E-state index in [0.29, 0.717) is 31.1 Å². The second-order valence-electron chi connectivity index (χ2n) is 6.24. The first-order chi connectivity index (χ1) is 13.3. The van der Waals surface area contributed by atoms with Crippen molar-refractivity contribution in [1.29, 1.82) is 0 Å². The molecule has 0 aliphatic carbocycles. The topological polar surface area (TPSA) is 88.1 Å². The Labute approximate surface area is 157 Å². The van der Waals surface area contributed by atoms with Crippen LogP contribution in [0.3, 0.4) is 0 Å². The molecule has 2 N–H and O–H groups in total. The molecule has 0 spiro atoms. The predicted molar refractivity (Wildman–Crippen MR) is 105 cm³/mol. The summed E-state index contributed by atoms with van der Waals surface area (Å²) in [5.41, 5.74) is 2.94. The molecule has 8 nitrogen and oxygen atoms in total. The number of anilines is 5. The van der Waals surface area contributed by atoms with E-state index in [0.717, 1.165) is 24.5 Å². The average Bonchev–Trinajstić information content (AvgIpc) is 2.71. The average molecular weight is 363 g/mol. The van der Waals surface area contributed by atoms with Gasteiger partial charge >= 0.3 is 0 Å². The minimum atomic E-state index is 0.467. The van der Waals surface area contributed by atoms with Crippen LogP contribution < -0.4 is 15.5 Å². The molecule has 0 amide bonds. The van der Waals surface area contributed by atoms with E-state index in [2.05, 4.69) is 42.4 Å². The Hall–Kier alpha value is -3.26. The monoisotopic (exact) mass is 363 g/mol. The molecule has 0 unspecified atom stereocenters. The predicted octanol–water partition coefficient (Wildman–Crippen LogP) is 2.90. The number of aryl methyl sites for hydroxylation is 1. The van der Waals surface area contributed by atoms with Gasteiger partial charge in [-0.1, -0.05) is 17.7 Å². The summed E-state index contributed by atoms with van der Waals surface area (Å²) in [7, 11) is 0. The van der Waals surface area contributed by atoms with Crippen molar-refractivity contribution in [3.63, 3.8) is 0 Å². The summed E-state index contributed by atoms with van der Waals surface area (Å²) >= 11 is 0. The number of nitrogens with zero attached hydrogens (tertiary/aromatic N) is 5. The molecule has 1 aromatic carbocycles. The van der Waals surface area contributed by atoms with Crippen molar-refractivity contribution < 1.29 is 4.74 Å². The van der Waals surface area contributed by atoms with Crippen LogP contribution in [0.2, 0.25) is 0 Å². The van der Waals surface area contributed by atoms with Gasteiger partial charge in [0.25, 0.3) is 0 Å². The van der Waals surface area contributed by atoms with Crippen LogP contribution in [0.5, 0.6) is 0 Å². The molecule has 0 atom stereocenters. The summed E-state index contributed by atoms with van der Waals surface area (Å²) in [6.07, 6.45) is 3.45. The smallest absolute Gasteiger partial charge is 0.233 e. The first-order valence-electron chi connectivity index (χ1n) is 8.86. The van der Waals surface area contributed by atoms with Gasteiger partial charge in [-0.15, -0.1) is 0 Å². The van der Waals surface area contributed by atoms with Gasteiger partial charge in [0.15, 0.2) is 0 Å². The Morgan fingerprint density at radius 2 is 1.59 bits per heavy atom. The van der Waals surface area contributed by atoms with Gasteiger partial charge in [0.2, 0.25) is 17.8 Å². The van der Waals surface area contributed by atoms with Crippen molar-refractivity contribution in [1.82, 2.24) is 19.9 Å². The number of aromatic nitrogens is 4. The highest BCUT2D eigenvalue weighted by Crippen LogP contribution is 2.20. The fourth-order valence-corrected chi connectivity index (χ4v) is 2.71. The first-order valence-corrected chi connectivity index (χ1v) is 8.86. The maximum absolute atomic E-state index is 5.43. The van der Waals surface area contributed by atoms with E-state index < -0.39 is 0 Å². The molecule has 1 saturated heterocycles. The molecule has 8 heteroatoms. The van der Waals surface area contributed by atoms with Gasteiger partial charge in [0.1, 0.15) is 0 Å². The van der Waals surface area contributed by atoms with E-state index in [1.807, 2.05) is 36.4 Å². The highest BCUT2D eigenvalue weighted by Gasteiger charge is 2.17. The summed E-state index contributed by atoms with van der Waals surface area (Å²) in [6, 6.07) is 11.9. The Kier molecular flexibility index (Phi) is 5.06. The summed E-state index contributed by atoms with van der Waals surface area (Å²) in [6.45, 7) is 4.88. The third kappa shape index (κ3) is 4.48. The maximum atomic E-state index is 5.43. The molecule has 1 aliphatic rings. The van der Waals surface area contributed by atoms with Crippen molar-refractivity contribution in [2.75, 3.05) is 41.8 Å². The van der Waals surface area contributed by atoms with Crippen LogP contribution in [0.15, 0.2) is 48.8 Å². The fourth-order valence-electron chi connectivity index (χ4n) is 2.71. The molecule has 3 heterocycles. The molecular weight excluding hydrogens is 342 g/mol. The van der Waals surface area contributed by atoms with E-state index in [9.17, 15) is 0 Å². The Morgan fingerprint density at radius 1 is 0.889 bits per heavy atom. The van der Waals surface area contributed by atoms with E-state index in [-0.39, 0.29) is 0 Å². The minimum absolute atomic E-state index is 0.467. The molecule has 2 aromatic heterocycles. The number of pyridine rings is 1. The zero-order chi connectivity index (χ0) is 18.5. The fraction of sp³-hybridized carbons (Fsp3) is 0.263. The van der Waals surface area contributed by atoms with Crippen LogP contribution in [0.25, 0.3) is 0 Å². The van der Waals surface area contributed by atoms with Gasteiger partial charge in [-0.25, -0.2) is 0 Å². The van der Waals surface area contributed by atoms with Crippen LogP contribution in [-0.4, -0.2) is 46.2 Å². The third-order valence-electron chi connectivity index (χ3n) is 4.14.